The summed E-state index contributed by atoms with van der Waals surface area (Å²) in [5.41, 5.74) is 0.935. The quantitative estimate of drug-likeness (QED) is 0.701. The second-order valence-corrected chi connectivity index (χ2v) is 9.67. The molecular formula is C21H25ClFN3O3S. The van der Waals surface area contributed by atoms with Crippen molar-refractivity contribution in [3.05, 3.63) is 58.9 Å². The minimum absolute atomic E-state index is 0.174. The molecule has 6 nitrogen and oxygen atoms in total. The van der Waals surface area contributed by atoms with Crippen molar-refractivity contribution in [3.8, 4) is 0 Å². The van der Waals surface area contributed by atoms with Crippen LogP contribution in [0.4, 0.5) is 10.1 Å². The number of halogens is 2. The standard InChI is InChI=1S/C21H25ClFN3O3S/c1-14-3-6-18(13-20(14)23)24-21(27)15(2)26-11-9-17(10-12-26)25-30(28,29)19-7-4-16(22)5-8-19/h3-8,13,15,17,25H,9-12H2,1-2H3,(H,24,27). The lowest BCUT2D eigenvalue weighted by molar-refractivity contribution is -0.121. The van der Waals surface area contributed by atoms with Gasteiger partial charge < -0.3 is 5.32 Å². The van der Waals surface area contributed by atoms with Gasteiger partial charge in [-0.25, -0.2) is 17.5 Å². The van der Waals surface area contributed by atoms with Gasteiger partial charge in [0.05, 0.1) is 10.9 Å². The summed E-state index contributed by atoms with van der Waals surface area (Å²) in [6, 6.07) is 10.00. The van der Waals surface area contributed by atoms with E-state index in [0.717, 1.165) is 0 Å². The van der Waals surface area contributed by atoms with Gasteiger partial charge in [0.2, 0.25) is 15.9 Å². The molecule has 0 aliphatic carbocycles. The zero-order valence-electron chi connectivity index (χ0n) is 16.9. The number of anilines is 1. The molecule has 2 aromatic rings. The Bertz CT molecular complexity index is 1010. The van der Waals surface area contributed by atoms with Crippen molar-refractivity contribution in [1.29, 1.82) is 0 Å². The number of hydrogen-bond acceptors (Lipinski definition) is 4. The van der Waals surface area contributed by atoms with Crippen LogP contribution in [0.25, 0.3) is 0 Å². The van der Waals surface area contributed by atoms with Crippen LogP contribution in [-0.2, 0) is 14.8 Å². The number of aryl methyl sites for hydroxylation is 1. The number of benzene rings is 2. The molecule has 2 N–H and O–H groups in total. The van der Waals surface area contributed by atoms with E-state index >= 15 is 0 Å². The van der Waals surface area contributed by atoms with Crippen LogP contribution in [0.1, 0.15) is 25.3 Å². The van der Waals surface area contributed by atoms with E-state index in [-0.39, 0.29) is 22.7 Å². The summed E-state index contributed by atoms with van der Waals surface area (Å²) in [7, 11) is -3.62. The van der Waals surface area contributed by atoms with E-state index in [2.05, 4.69) is 10.0 Å². The number of carbonyl (C=O) groups is 1. The number of carbonyl (C=O) groups excluding carboxylic acids is 1. The molecule has 3 rings (SSSR count). The number of sulfonamides is 1. The lowest BCUT2D eigenvalue weighted by atomic mass is 10.0. The van der Waals surface area contributed by atoms with E-state index in [1.165, 1.54) is 18.2 Å². The molecular weight excluding hydrogens is 429 g/mol. The fourth-order valence-electron chi connectivity index (χ4n) is 3.39. The molecule has 0 bridgehead atoms. The maximum atomic E-state index is 13.7. The molecule has 1 fully saturated rings. The molecule has 1 aliphatic heterocycles. The summed E-state index contributed by atoms with van der Waals surface area (Å²) in [5, 5.41) is 3.21. The number of rotatable bonds is 6. The molecule has 2 aromatic carbocycles. The van der Waals surface area contributed by atoms with Crippen molar-refractivity contribution in [2.24, 2.45) is 0 Å². The monoisotopic (exact) mass is 453 g/mol. The lowest BCUT2D eigenvalue weighted by Gasteiger charge is -2.35. The molecule has 0 spiro atoms. The van der Waals surface area contributed by atoms with Crippen LogP contribution in [0.2, 0.25) is 5.02 Å². The highest BCUT2D eigenvalue weighted by Gasteiger charge is 2.29. The van der Waals surface area contributed by atoms with Gasteiger partial charge in [0.1, 0.15) is 5.82 Å². The third-order valence-corrected chi connectivity index (χ3v) is 7.13. The molecule has 1 atom stereocenters. The zero-order valence-corrected chi connectivity index (χ0v) is 18.4. The van der Waals surface area contributed by atoms with Gasteiger partial charge in [0.25, 0.3) is 0 Å². The summed E-state index contributed by atoms with van der Waals surface area (Å²) >= 11 is 5.82. The second kappa shape index (κ2) is 9.43. The van der Waals surface area contributed by atoms with Crippen LogP contribution in [0.15, 0.2) is 47.4 Å². The van der Waals surface area contributed by atoms with Gasteiger partial charge in [-0.3, -0.25) is 9.69 Å². The molecule has 1 aliphatic rings. The van der Waals surface area contributed by atoms with Crippen molar-refractivity contribution in [1.82, 2.24) is 9.62 Å². The highest BCUT2D eigenvalue weighted by molar-refractivity contribution is 7.89. The Morgan fingerprint density at radius 3 is 2.40 bits per heavy atom. The number of amides is 1. The highest BCUT2D eigenvalue weighted by atomic mass is 35.5. The van der Waals surface area contributed by atoms with Gasteiger partial charge in [0.15, 0.2) is 0 Å². The van der Waals surface area contributed by atoms with Gasteiger partial charge in [-0.15, -0.1) is 0 Å². The first-order valence-corrected chi connectivity index (χ1v) is 11.6. The van der Waals surface area contributed by atoms with Gasteiger partial charge in [0, 0.05) is 29.8 Å². The summed E-state index contributed by atoms with van der Waals surface area (Å²) in [6.45, 7) is 4.60. The number of hydrogen-bond donors (Lipinski definition) is 2. The highest BCUT2D eigenvalue weighted by Crippen LogP contribution is 2.19. The minimum atomic E-state index is -3.62. The molecule has 9 heteroatoms. The fourth-order valence-corrected chi connectivity index (χ4v) is 4.82. The van der Waals surface area contributed by atoms with Crippen LogP contribution in [0.3, 0.4) is 0 Å². The van der Waals surface area contributed by atoms with Gasteiger partial charge in [-0.2, -0.15) is 0 Å². The number of nitrogens with zero attached hydrogens (tertiary/aromatic N) is 1. The topological polar surface area (TPSA) is 78.5 Å². The van der Waals surface area contributed by atoms with Crippen molar-refractivity contribution >= 4 is 33.2 Å². The van der Waals surface area contributed by atoms with E-state index < -0.39 is 16.1 Å². The molecule has 1 unspecified atom stereocenters. The molecule has 0 radical (unpaired) electrons. The summed E-state index contributed by atoms with van der Waals surface area (Å²) in [5.74, 6) is -0.590. The average Bonchev–Trinajstić information content (AvgIpc) is 2.71. The van der Waals surface area contributed by atoms with Crippen LogP contribution in [-0.4, -0.2) is 44.4 Å². The Morgan fingerprint density at radius 1 is 1.17 bits per heavy atom. The van der Waals surface area contributed by atoms with Crippen molar-refractivity contribution in [2.75, 3.05) is 18.4 Å². The molecule has 0 saturated carbocycles. The molecule has 1 amide bonds. The Kier molecular flexibility index (Phi) is 7.13. The summed E-state index contributed by atoms with van der Waals surface area (Å²) in [6.07, 6.45) is 1.17. The maximum Gasteiger partial charge on any atom is 0.241 e. The Labute approximate surface area is 181 Å². The Balaban J connectivity index is 1.53. The predicted octanol–water partition coefficient (Wildman–Crippen LogP) is 3.56. The SMILES string of the molecule is Cc1ccc(NC(=O)C(C)N2CCC(NS(=O)(=O)c3ccc(Cl)cc3)CC2)cc1F. The average molecular weight is 454 g/mol. The van der Waals surface area contributed by atoms with Gasteiger partial charge in [-0.05, 0) is 68.7 Å². The van der Waals surface area contributed by atoms with Crippen LogP contribution in [0, 0.1) is 12.7 Å². The van der Waals surface area contributed by atoms with E-state index in [4.69, 9.17) is 11.6 Å². The summed E-state index contributed by atoms with van der Waals surface area (Å²) < 4.78 is 41.5. The molecule has 30 heavy (non-hydrogen) atoms. The zero-order chi connectivity index (χ0) is 21.9. The molecule has 0 aromatic heterocycles. The van der Waals surface area contributed by atoms with Crippen LogP contribution < -0.4 is 10.0 Å². The predicted molar refractivity (Wildman–Crippen MR) is 116 cm³/mol. The van der Waals surface area contributed by atoms with Crippen molar-refractivity contribution < 1.29 is 17.6 Å². The smallest absolute Gasteiger partial charge is 0.241 e. The largest absolute Gasteiger partial charge is 0.325 e. The third-order valence-electron chi connectivity index (χ3n) is 5.34. The first-order chi connectivity index (χ1) is 14.2. The van der Waals surface area contributed by atoms with Crippen LogP contribution in [0.5, 0.6) is 0 Å². The fraction of sp³-hybridized carbons (Fsp3) is 0.381. The van der Waals surface area contributed by atoms with E-state index in [9.17, 15) is 17.6 Å². The Morgan fingerprint density at radius 2 is 1.80 bits per heavy atom. The number of likely N-dealkylation sites (tertiary alicyclic amines) is 1. The van der Waals surface area contributed by atoms with E-state index in [1.54, 1.807) is 38.1 Å². The maximum absolute atomic E-state index is 13.7. The van der Waals surface area contributed by atoms with Crippen molar-refractivity contribution in [2.45, 2.75) is 43.7 Å². The van der Waals surface area contributed by atoms with Gasteiger partial charge >= 0.3 is 0 Å². The summed E-state index contributed by atoms with van der Waals surface area (Å²) in [4.78, 5) is 14.7. The van der Waals surface area contributed by atoms with Gasteiger partial charge in [-0.1, -0.05) is 17.7 Å². The molecule has 1 saturated heterocycles. The Hall–Kier alpha value is -2.00. The van der Waals surface area contributed by atoms with E-state index in [0.29, 0.717) is 42.2 Å². The normalized spacial score (nSPS) is 16.9. The van der Waals surface area contributed by atoms with Crippen LogP contribution >= 0.6 is 11.6 Å². The first-order valence-electron chi connectivity index (χ1n) is 9.74. The minimum Gasteiger partial charge on any atom is -0.325 e. The number of nitrogens with one attached hydrogen (secondary N) is 2. The lowest BCUT2D eigenvalue weighted by Crippen LogP contribution is -2.50. The first kappa shape index (κ1) is 22.7. The molecule has 1 heterocycles. The third kappa shape index (κ3) is 5.57. The number of piperidine rings is 1. The molecule has 162 valence electrons. The van der Waals surface area contributed by atoms with E-state index in [1.807, 2.05) is 4.90 Å². The second-order valence-electron chi connectivity index (χ2n) is 7.51. The van der Waals surface area contributed by atoms with Crippen molar-refractivity contribution in [3.63, 3.8) is 0 Å².